The third-order valence-corrected chi connectivity index (χ3v) is 3.98. The van der Waals surface area contributed by atoms with Crippen LogP contribution >= 0.6 is 0 Å². The molecule has 1 atom stereocenters. The topological polar surface area (TPSA) is 114 Å². The second kappa shape index (κ2) is 9.16. The van der Waals surface area contributed by atoms with E-state index in [4.69, 9.17) is 4.74 Å². The van der Waals surface area contributed by atoms with Crippen LogP contribution in [0.25, 0.3) is 0 Å². The van der Waals surface area contributed by atoms with E-state index in [1.165, 1.54) is 6.92 Å². The van der Waals surface area contributed by atoms with Crippen molar-refractivity contribution in [2.24, 2.45) is 5.92 Å². The molecule has 1 aliphatic rings. The number of benzene rings is 1. The minimum absolute atomic E-state index is 0.184. The third kappa shape index (κ3) is 6.40. The number of carbonyl (C=O) groups excluding carboxylic acids is 4. The average molecular weight is 375 g/mol. The quantitative estimate of drug-likeness (QED) is 0.591. The van der Waals surface area contributed by atoms with Crippen LogP contribution in [0.3, 0.4) is 0 Å². The van der Waals surface area contributed by atoms with E-state index in [0.717, 1.165) is 12.8 Å². The summed E-state index contributed by atoms with van der Waals surface area (Å²) in [5.41, 5.74) is 0.696. The zero-order valence-corrected chi connectivity index (χ0v) is 15.7. The largest absolute Gasteiger partial charge is 0.454 e. The van der Waals surface area contributed by atoms with Gasteiger partial charge < -0.3 is 20.7 Å². The molecule has 146 valence electrons. The maximum absolute atomic E-state index is 12.2. The molecule has 8 nitrogen and oxygen atoms in total. The van der Waals surface area contributed by atoms with Crippen LogP contribution in [0, 0.1) is 5.92 Å². The van der Waals surface area contributed by atoms with E-state index in [1.807, 2.05) is 0 Å². The first kappa shape index (κ1) is 20.4. The SMILES string of the molecule is CC(=O)N[C@H](C(=O)OCC(=O)Nc1ccccc1C(=O)NC1CC1)C(C)C. The summed E-state index contributed by atoms with van der Waals surface area (Å²) in [4.78, 5) is 47.7. The Morgan fingerprint density at radius 2 is 1.81 bits per heavy atom. The molecular formula is C19H25N3O5. The normalized spacial score (nSPS) is 14.2. The molecule has 1 aromatic rings. The first-order valence-electron chi connectivity index (χ1n) is 8.91. The van der Waals surface area contributed by atoms with E-state index >= 15 is 0 Å². The second-order valence-electron chi connectivity index (χ2n) is 6.87. The van der Waals surface area contributed by atoms with Gasteiger partial charge in [-0.2, -0.15) is 0 Å². The highest BCUT2D eigenvalue weighted by Gasteiger charge is 2.26. The van der Waals surface area contributed by atoms with Crippen molar-refractivity contribution in [2.75, 3.05) is 11.9 Å². The predicted octanol–water partition coefficient (Wildman–Crippen LogP) is 1.22. The van der Waals surface area contributed by atoms with Crippen molar-refractivity contribution in [1.82, 2.24) is 10.6 Å². The second-order valence-corrected chi connectivity index (χ2v) is 6.87. The molecule has 3 N–H and O–H groups in total. The van der Waals surface area contributed by atoms with E-state index in [2.05, 4.69) is 16.0 Å². The molecule has 27 heavy (non-hydrogen) atoms. The first-order valence-corrected chi connectivity index (χ1v) is 8.91. The van der Waals surface area contributed by atoms with Gasteiger partial charge in [0.2, 0.25) is 5.91 Å². The standard InChI is InChI=1S/C19H25N3O5/c1-11(2)17(20-12(3)23)19(26)27-10-16(24)22-15-7-5-4-6-14(15)18(25)21-13-8-9-13/h4-7,11,13,17H,8-10H2,1-3H3,(H,20,23)(H,21,25)(H,22,24)/t17-/m0/s1. The van der Waals surface area contributed by atoms with Crippen LogP contribution < -0.4 is 16.0 Å². The molecule has 1 aromatic carbocycles. The molecule has 1 aliphatic carbocycles. The molecule has 1 fully saturated rings. The number of hydrogen-bond acceptors (Lipinski definition) is 5. The van der Waals surface area contributed by atoms with Gasteiger partial charge in [-0.1, -0.05) is 26.0 Å². The number of ether oxygens (including phenoxy) is 1. The number of rotatable bonds is 8. The van der Waals surface area contributed by atoms with Crippen LogP contribution in [0.2, 0.25) is 0 Å². The highest BCUT2D eigenvalue weighted by molar-refractivity contribution is 6.04. The predicted molar refractivity (Wildman–Crippen MR) is 99.0 cm³/mol. The van der Waals surface area contributed by atoms with Gasteiger partial charge in [-0.3, -0.25) is 14.4 Å². The summed E-state index contributed by atoms with van der Waals surface area (Å²) in [7, 11) is 0. The van der Waals surface area contributed by atoms with E-state index in [-0.39, 0.29) is 23.8 Å². The minimum Gasteiger partial charge on any atom is -0.454 e. The Morgan fingerprint density at radius 1 is 1.15 bits per heavy atom. The molecule has 0 unspecified atom stereocenters. The van der Waals surface area contributed by atoms with Gasteiger partial charge in [0.15, 0.2) is 6.61 Å². The summed E-state index contributed by atoms with van der Waals surface area (Å²) in [6.07, 6.45) is 1.92. The van der Waals surface area contributed by atoms with Crippen molar-refractivity contribution in [2.45, 2.75) is 45.7 Å². The van der Waals surface area contributed by atoms with Crippen LogP contribution in [0.5, 0.6) is 0 Å². The van der Waals surface area contributed by atoms with E-state index < -0.39 is 24.5 Å². The van der Waals surface area contributed by atoms with Crippen molar-refractivity contribution in [1.29, 1.82) is 0 Å². The van der Waals surface area contributed by atoms with Gasteiger partial charge in [0.25, 0.3) is 11.8 Å². The van der Waals surface area contributed by atoms with Crippen LogP contribution in [0.1, 0.15) is 44.0 Å². The monoisotopic (exact) mass is 375 g/mol. The zero-order chi connectivity index (χ0) is 20.0. The lowest BCUT2D eigenvalue weighted by Crippen LogP contribution is -2.45. The van der Waals surface area contributed by atoms with Gasteiger partial charge in [0, 0.05) is 13.0 Å². The summed E-state index contributed by atoms with van der Waals surface area (Å²) in [5, 5.41) is 7.95. The third-order valence-electron chi connectivity index (χ3n) is 3.98. The number of hydrogen-bond donors (Lipinski definition) is 3. The van der Waals surface area contributed by atoms with Gasteiger partial charge >= 0.3 is 5.97 Å². The van der Waals surface area contributed by atoms with E-state index in [1.54, 1.807) is 38.1 Å². The number of anilines is 1. The summed E-state index contributed by atoms with van der Waals surface area (Å²) in [5.74, 6) is -2.05. The van der Waals surface area contributed by atoms with Crippen molar-refractivity contribution in [3.63, 3.8) is 0 Å². The molecule has 0 bridgehead atoms. The van der Waals surface area contributed by atoms with Crippen LogP contribution in [0.4, 0.5) is 5.69 Å². The Balaban J connectivity index is 1.92. The smallest absolute Gasteiger partial charge is 0.329 e. The highest BCUT2D eigenvalue weighted by atomic mass is 16.5. The Morgan fingerprint density at radius 3 is 2.41 bits per heavy atom. The molecule has 0 spiro atoms. The lowest BCUT2D eigenvalue weighted by Gasteiger charge is -2.20. The van der Waals surface area contributed by atoms with Gasteiger partial charge in [-0.25, -0.2) is 4.79 Å². The molecule has 0 radical (unpaired) electrons. The fraction of sp³-hybridized carbons (Fsp3) is 0.474. The maximum Gasteiger partial charge on any atom is 0.329 e. The number of nitrogens with one attached hydrogen (secondary N) is 3. The Kier molecular flexibility index (Phi) is 6.92. The number of esters is 1. The summed E-state index contributed by atoms with van der Waals surface area (Å²) < 4.78 is 5.01. The van der Waals surface area contributed by atoms with Gasteiger partial charge in [-0.15, -0.1) is 0 Å². The van der Waals surface area contributed by atoms with Crippen LogP contribution in [0.15, 0.2) is 24.3 Å². The number of carbonyl (C=O) groups is 4. The van der Waals surface area contributed by atoms with Crippen LogP contribution in [-0.4, -0.2) is 42.4 Å². The fourth-order valence-corrected chi connectivity index (χ4v) is 2.41. The molecule has 0 aromatic heterocycles. The molecular weight excluding hydrogens is 350 g/mol. The Hall–Kier alpha value is -2.90. The van der Waals surface area contributed by atoms with Crippen LogP contribution in [-0.2, 0) is 19.1 Å². The van der Waals surface area contributed by atoms with E-state index in [0.29, 0.717) is 11.3 Å². The van der Waals surface area contributed by atoms with Gasteiger partial charge in [0.05, 0.1) is 11.3 Å². The molecule has 0 aliphatic heterocycles. The summed E-state index contributed by atoms with van der Waals surface area (Å²) in [6.45, 7) is 4.31. The molecule has 8 heteroatoms. The minimum atomic E-state index is -0.827. The number of para-hydroxylation sites is 1. The first-order chi connectivity index (χ1) is 12.8. The van der Waals surface area contributed by atoms with Crippen molar-refractivity contribution >= 4 is 29.4 Å². The summed E-state index contributed by atoms with van der Waals surface area (Å²) in [6, 6.07) is 6.00. The molecule has 0 saturated heterocycles. The van der Waals surface area contributed by atoms with E-state index in [9.17, 15) is 19.2 Å². The Bertz CT molecular complexity index is 728. The van der Waals surface area contributed by atoms with Crippen molar-refractivity contribution < 1.29 is 23.9 Å². The number of amides is 3. The molecule has 1 saturated carbocycles. The fourth-order valence-electron chi connectivity index (χ4n) is 2.41. The lowest BCUT2D eigenvalue weighted by atomic mass is 10.0. The highest BCUT2D eigenvalue weighted by Crippen LogP contribution is 2.21. The molecule has 3 amide bonds. The van der Waals surface area contributed by atoms with Crippen molar-refractivity contribution in [3.8, 4) is 0 Å². The average Bonchev–Trinajstić information content (AvgIpc) is 3.41. The lowest BCUT2D eigenvalue weighted by molar-refractivity contribution is -0.151. The maximum atomic E-state index is 12.2. The van der Waals surface area contributed by atoms with Gasteiger partial charge in [-0.05, 0) is 30.9 Å². The van der Waals surface area contributed by atoms with Gasteiger partial charge in [0.1, 0.15) is 6.04 Å². The zero-order valence-electron chi connectivity index (χ0n) is 15.7. The van der Waals surface area contributed by atoms with Crippen molar-refractivity contribution in [3.05, 3.63) is 29.8 Å². The Labute approximate surface area is 158 Å². The molecule has 0 heterocycles. The summed E-state index contributed by atoms with van der Waals surface area (Å²) >= 11 is 0. The molecule has 2 rings (SSSR count).